The van der Waals surface area contributed by atoms with Crippen LogP contribution >= 0.6 is 0 Å². The first kappa shape index (κ1) is 34.9. The van der Waals surface area contributed by atoms with Crippen molar-refractivity contribution in [3.05, 3.63) is 42.0 Å². The minimum absolute atomic E-state index is 0.877. The van der Waals surface area contributed by atoms with Gasteiger partial charge in [-0.05, 0) is 43.3 Å². The second-order valence-corrected chi connectivity index (χ2v) is 12.8. The summed E-state index contributed by atoms with van der Waals surface area (Å²) in [7, 11) is 0. The van der Waals surface area contributed by atoms with Gasteiger partial charge in [0.15, 0.2) is 0 Å². The summed E-state index contributed by atoms with van der Waals surface area (Å²) in [5.41, 5.74) is 1.32. The minimum Gasteiger partial charge on any atom is -0.300 e. The first-order valence-corrected chi connectivity index (χ1v) is 17.0. The highest BCUT2D eigenvalue weighted by Gasteiger charge is 2.04. The summed E-state index contributed by atoms with van der Waals surface area (Å²) in [6, 6.07) is 10.8. The van der Waals surface area contributed by atoms with E-state index in [0.717, 1.165) is 18.4 Å². The summed E-state index contributed by atoms with van der Waals surface area (Å²) in [5, 5.41) is 0. The lowest BCUT2D eigenvalue weighted by molar-refractivity contribution is 0.286. The first-order valence-electron chi connectivity index (χ1n) is 17.0. The molecule has 38 heavy (non-hydrogen) atoms. The van der Waals surface area contributed by atoms with Crippen molar-refractivity contribution in [2.75, 3.05) is 19.6 Å². The molecular formula is C37H67N. The van der Waals surface area contributed by atoms with Gasteiger partial charge < -0.3 is 0 Å². The van der Waals surface area contributed by atoms with Crippen molar-refractivity contribution in [2.24, 2.45) is 11.8 Å². The SMILES string of the molecule is CC(C)CCCCCCCCCCCN(CC=Cc1ccccc1)CCCCCCCCCCCC(C)C. The topological polar surface area (TPSA) is 3.24 Å². The number of hydrogen-bond acceptors (Lipinski definition) is 1. The highest BCUT2D eigenvalue weighted by molar-refractivity contribution is 5.48. The summed E-state index contributed by atoms with van der Waals surface area (Å²) in [5.74, 6) is 1.75. The zero-order valence-corrected chi connectivity index (χ0v) is 26.4. The third-order valence-electron chi connectivity index (χ3n) is 7.99. The number of hydrogen-bond donors (Lipinski definition) is 0. The molecule has 0 saturated heterocycles. The second kappa shape index (κ2) is 26.2. The van der Waals surface area contributed by atoms with Crippen LogP contribution in [0.25, 0.3) is 6.08 Å². The Hall–Kier alpha value is -1.08. The Morgan fingerprint density at radius 2 is 0.868 bits per heavy atom. The van der Waals surface area contributed by atoms with Gasteiger partial charge in [0, 0.05) is 6.54 Å². The fourth-order valence-corrected chi connectivity index (χ4v) is 5.45. The van der Waals surface area contributed by atoms with Crippen molar-refractivity contribution in [3.8, 4) is 0 Å². The van der Waals surface area contributed by atoms with Gasteiger partial charge in [0.05, 0.1) is 0 Å². The van der Waals surface area contributed by atoms with Crippen LogP contribution in [0.2, 0.25) is 0 Å². The van der Waals surface area contributed by atoms with Gasteiger partial charge in [-0.25, -0.2) is 0 Å². The van der Waals surface area contributed by atoms with Gasteiger partial charge in [0.2, 0.25) is 0 Å². The van der Waals surface area contributed by atoms with Crippen molar-refractivity contribution in [1.82, 2.24) is 4.90 Å². The van der Waals surface area contributed by atoms with E-state index in [-0.39, 0.29) is 0 Å². The molecule has 1 nitrogen and oxygen atoms in total. The number of rotatable bonds is 27. The van der Waals surface area contributed by atoms with Crippen LogP contribution in [0.3, 0.4) is 0 Å². The largest absolute Gasteiger partial charge is 0.300 e. The van der Waals surface area contributed by atoms with Crippen LogP contribution in [0.4, 0.5) is 0 Å². The Balaban J connectivity index is 2.14. The van der Waals surface area contributed by atoms with Gasteiger partial charge >= 0.3 is 0 Å². The van der Waals surface area contributed by atoms with Crippen LogP contribution in [0.5, 0.6) is 0 Å². The van der Waals surface area contributed by atoms with E-state index >= 15 is 0 Å². The Labute approximate surface area is 240 Å². The van der Waals surface area contributed by atoms with Gasteiger partial charge in [0.25, 0.3) is 0 Å². The summed E-state index contributed by atoms with van der Waals surface area (Å²) < 4.78 is 0. The van der Waals surface area contributed by atoms with E-state index in [2.05, 4.69) is 75.1 Å². The third-order valence-corrected chi connectivity index (χ3v) is 7.99. The predicted octanol–water partition coefficient (Wildman–Crippen LogP) is 12.1. The molecular weight excluding hydrogens is 458 g/mol. The molecule has 220 valence electrons. The molecule has 1 aromatic rings. The Morgan fingerprint density at radius 1 is 0.500 bits per heavy atom. The summed E-state index contributed by atoms with van der Waals surface area (Å²) in [4.78, 5) is 2.71. The molecule has 0 fully saturated rings. The first-order chi connectivity index (χ1) is 18.6. The highest BCUT2D eigenvalue weighted by Crippen LogP contribution is 2.15. The van der Waals surface area contributed by atoms with Gasteiger partial charge in [0.1, 0.15) is 0 Å². The van der Waals surface area contributed by atoms with E-state index in [0.29, 0.717) is 0 Å². The van der Waals surface area contributed by atoms with Crippen molar-refractivity contribution in [3.63, 3.8) is 0 Å². The molecule has 0 aromatic heterocycles. The zero-order valence-electron chi connectivity index (χ0n) is 26.4. The third kappa shape index (κ3) is 24.0. The molecule has 0 aliphatic carbocycles. The predicted molar refractivity (Wildman–Crippen MR) is 174 cm³/mol. The van der Waals surface area contributed by atoms with Crippen LogP contribution in [-0.4, -0.2) is 24.5 Å². The monoisotopic (exact) mass is 526 g/mol. The number of nitrogens with zero attached hydrogens (tertiary/aromatic N) is 1. The summed E-state index contributed by atoms with van der Waals surface area (Å²) >= 11 is 0. The molecule has 0 N–H and O–H groups in total. The lowest BCUT2D eigenvalue weighted by atomic mass is 10.0. The fourth-order valence-electron chi connectivity index (χ4n) is 5.45. The molecule has 0 amide bonds. The molecule has 0 radical (unpaired) electrons. The van der Waals surface area contributed by atoms with Crippen molar-refractivity contribution >= 4 is 6.08 Å². The van der Waals surface area contributed by atoms with E-state index in [1.54, 1.807) is 0 Å². The molecule has 0 spiro atoms. The molecule has 0 heterocycles. The number of benzene rings is 1. The Kier molecular flexibility index (Phi) is 24.1. The van der Waals surface area contributed by atoms with E-state index in [9.17, 15) is 0 Å². The summed E-state index contributed by atoms with van der Waals surface area (Å²) in [6.07, 6.45) is 33.3. The standard InChI is InChI=1S/C37H67N/c1-35(2)27-20-15-11-7-5-9-13-17-24-32-38(34-26-31-37-29-22-19-23-30-37)33-25-18-14-10-6-8-12-16-21-28-36(3)4/h19,22-23,26,29-31,35-36H,5-18,20-21,24-25,27-28,32-34H2,1-4H3. The van der Waals surface area contributed by atoms with E-state index in [4.69, 9.17) is 0 Å². The van der Waals surface area contributed by atoms with Gasteiger partial charge in [-0.15, -0.1) is 0 Å². The van der Waals surface area contributed by atoms with E-state index < -0.39 is 0 Å². The smallest absolute Gasteiger partial charge is 0.0166 e. The quantitative estimate of drug-likeness (QED) is 0.103. The maximum absolute atomic E-state index is 2.71. The van der Waals surface area contributed by atoms with E-state index in [1.807, 2.05) is 0 Å². The van der Waals surface area contributed by atoms with Gasteiger partial charge in [-0.3, -0.25) is 4.90 Å². The van der Waals surface area contributed by atoms with Crippen LogP contribution in [-0.2, 0) is 0 Å². The molecule has 1 heteroatoms. The Morgan fingerprint density at radius 3 is 1.26 bits per heavy atom. The molecule has 1 aromatic carbocycles. The number of unbranched alkanes of at least 4 members (excludes halogenated alkanes) is 16. The fraction of sp³-hybridized carbons (Fsp3) is 0.784. The molecule has 1 rings (SSSR count). The van der Waals surface area contributed by atoms with Gasteiger partial charge in [-0.1, -0.05) is 186 Å². The highest BCUT2D eigenvalue weighted by atomic mass is 15.1. The molecule has 0 aliphatic heterocycles. The second-order valence-electron chi connectivity index (χ2n) is 12.8. The average molecular weight is 526 g/mol. The van der Waals surface area contributed by atoms with Crippen LogP contribution in [0.1, 0.15) is 162 Å². The molecule has 0 unspecified atom stereocenters. The van der Waals surface area contributed by atoms with Crippen molar-refractivity contribution in [1.29, 1.82) is 0 Å². The molecule has 0 bridgehead atoms. The lowest BCUT2D eigenvalue weighted by Gasteiger charge is -2.20. The molecule has 0 saturated carbocycles. The average Bonchev–Trinajstić information content (AvgIpc) is 2.90. The molecule has 0 aliphatic rings. The van der Waals surface area contributed by atoms with E-state index in [1.165, 1.54) is 147 Å². The van der Waals surface area contributed by atoms with Crippen molar-refractivity contribution in [2.45, 2.75) is 156 Å². The zero-order chi connectivity index (χ0) is 27.5. The van der Waals surface area contributed by atoms with Crippen molar-refractivity contribution < 1.29 is 0 Å². The lowest BCUT2D eigenvalue weighted by Crippen LogP contribution is -2.26. The maximum Gasteiger partial charge on any atom is 0.0166 e. The summed E-state index contributed by atoms with van der Waals surface area (Å²) in [6.45, 7) is 13.0. The molecule has 0 atom stereocenters. The van der Waals surface area contributed by atoms with Crippen LogP contribution in [0, 0.1) is 11.8 Å². The normalized spacial score (nSPS) is 12.1. The Bertz CT molecular complexity index is 587. The maximum atomic E-state index is 2.71. The van der Waals surface area contributed by atoms with Gasteiger partial charge in [-0.2, -0.15) is 0 Å². The minimum atomic E-state index is 0.877. The van der Waals surface area contributed by atoms with Crippen LogP contribution in [0.15, 0.2) is 36.4 Å². The van der Waals surface area contributed by atoms with Crippen LogP contribution < -0.4 is 0 Å².